The van der Waals surface area contributed by atoms with Gasteiger partial charge in [0.1, 0.15) is 0 Å². The topological polar surface area (TPSA) is 55.4 Å². The van der Waals surface area contributed by atoms with Crippen LogP contribution in [0.4, 0.5) is 0 Å². The summed E-state index contributed by atoms with van der Waals surface area (Å²) in [6.45, 7) is -0.288. The highest BCUT2D eigenvalue weighted by Gasteiger charge is 2.52. The third-order valence-corrected chi connectivity index (χ3v) is 5.37. The van der Waals surface area contributed by atoms with Crippen LogP contribution in [0.25, 0.3) is 0 Å². The fourth-order valence-electron chi connectivity index (χ4n) is 3.61. The van der Waals surface area contributed by atoms with E-state index in [4.69, 9.17) is 4.74 Å². The van der Waals surface area contributed by atoms with E-state index in [1.54, 1.807) is 0 Å². The largest absolute Gasteiger partial charge is 0.455 e. The number of esters is 1. The smallest absolute Gasteiger partial charge is 0.317 e. The number of hydrogen-bond acceptors (Lipinski definition) is 3. The molecule has 3 aromatic carbocycles. The second kappa shape index (κ2) is 8.31. The maximum atomic E-state index is 12.7. The summed E-state index contributed by atoms with van der Waals surface area (Å²) >= 11 is 0. The summed E-state index contributed by atoms with van der Waals surface area (Å²) in [4.78, 5) is 25.3. The lowest BCUT2D eigenvalue weighted by atomic mass is 9.96. The summed E-state index contributed by atoms with van der Waals surface area (Å²) in [7, 11) is 0. The van der Waals surface area contributed by atoms with Gasteiger partial charge < -0.3 is 10.1 Å². The molecule has 146 valence electrons. The van der Waals surface area contributed by atoms with E-state index in [-0.39, 0.29) is 24.5 Å². The molecule has 4 rings (SSSR count). The number of carbonyl (C=O) groups is 2. The molecule has 1 aliphatic carbocycles. The summed E-state index contributed by atoms with van der Waals surface area (Å²) in [6.07, 6.45) is 1.52. The van der Waals surface area contributed by atoms with Crippen molar-refractivity contribution < 1.29 is 14.3 Å². The molecule has 1 saturated carbocycles. The van der Waals surface area contributed by atoms with Crippen LogP contribution in [0, 0.1) is 0 Å². The Kier molecular flexibility index (Phi) is 5.43. The molecule has 1 amide bonds. The molecule has 4 heteroatoms. The quantitative estimate of drug-likeness (QED) is 0.621. The Morgan fingerprint density at radius 3 is 1.76 bits per heavy atom. The molecule has 0 atom stereocenters. The molecule has 4 nitrogen and oxygen atoms in total. The molecular formula is C25H23NO3. The predicted molar refractivity (Wildman–Crippen MR) is 111 cm³/mol. The van der Waals surface area contributed by atoms with Gasteiger partial charge in [-0.1, -0.05) is 91.0 Å². The minimum absolute atomic E-state index is 0.288. The van der Waals surface area contributed by atoms with E-state index in [2.05, 4.69) is 5.32 Å². The average Bonchev–Trinajstić information content (AvgIpc) is 3.60. The van der Waals surface area contributed by atoms with E-state index in [0.29, 0.717) is 0 Å². The Balaban J connectivity index is 1.42. The summed E-state index contributed by atoms with van der Waals surface area (Å²) in [5.41, 5.74) is 2.32. The van der Waals surface area contributed by atoms with Crippen molar-refractivity contribution in [2.45, 2.75) is 24.3 Å². The van der Waals surface area contributed by atoms with Crippen molar-refractivity contribution in [3.05, 3.63) is 108 Å². The second-order valence-corrected chi connectivity index (χ2v) is 7.35. The number of hydrogen-bond donors (Lipinski definition) is 1. The summed E-state index contributed by atoms with van der Waals surface area (Å²) < 4.78 is 5.41. The first kappa shape index (κ1) is 18.9. The van der Waals surface area contributed by atoms with Crippen LogP contribution in [0.1, 0.15) is 35.6 Å². The molecule has 1 aliphatic rings. The Labute approximate surface area is 170 Å². The van der Waals surface area contributed by atoms with Crippen LogP contribution in [0.3, 0.4) is 0 Å². The van der Waals surface area contributed by atoms with Crippen molar-refractivity contribution in [1.82, 2.24) is 5.32 Å². The zero-order chi connectivity index (χ0) is 20.1. The third-order valence-electron chi connectivity index (χ3n) is 5.37. The number of ether oxygens (including phenoxy) is 1. The Morgan fingerprint density at radius 1 is 0.793 bits per heavy atom. The highest BCUT2D eigenvalue weighted by Crippen LogP contribution is 2.49. The monoisotopic (exact) mass is 385 g/mol. The normalized spacial score (nSPS) is 14.2. The van der Waals surface area contributed by atoms with E-state index >= 15 is 0 Å². The fourth-order valence-corrected chi connectivity index (χ4v) is 3.61. The van der Waals surface area contributed by atoms with Gasteiger partial charge in [-0.15, -0.1) is 0 Å². The summed E-state index contributed by atoms with van der Waals surface area (Å²) in [6, 6.07) is 28.9. The van der Waals surface area contributed by atoms with Gasteiger partial charge in [-0.25, -0.2) is 0 Å². The molecule has 29 heavy (non-hydrogen) atoms. The van der Waals surface area contributed by atoms with E-state index in [9.17, 15) is 9.59 Å². The standard InChI is InChI=1S/C25H23NO3/c27-22(18-29-24(28)25(16-17-25)21-14-8-3-9-15-21)26-23(19-10-4-1-5-11-19)20-12-6-2-7-13-20/h1-15,23H,16-18H2,(H,26,27). The van der Waals surface area contributed by atoms with Crippen LogP contribution >= 0.6 is 0 Å². The van der Waals surface area contributed by atoms with Crippen molar-refractivity contribution in [1.29, 1.82) is 0 Å². The van der Waals surface area contributed by atoms with Crippen LogP contribution in [-0.4, -0.2) is 18.5 Å². The van der Waals surface area contributed by atoms with Gasteiger partial charge in [0.25, 0.3) is 5.91 Å². The SMILES string of the molecule is O=C(COC(=O)C1(c2ccccc2)CC1)NC(c1ccccc1)c1ccccc1. The van der Waals surface area contributed by atoms with Crippen molar-refractivity contribution in [3.8, 4) is 0 Å². The van der Waals surface area contributed by atoms with Crippen LogP contribution in [-0.2, 0) is 19.7 Å². The number of amides is 1. The molecule has 0 radical (unpaired) electrons. The molecule has 0 aliphatic heterocycles. The highest BCUT2D eigenvalue weighted by molar-refractivity contribution is 5.89. The van der Waals surface area contributed by atoms with Crippen LogP contribution in [0.5, 0.6) is 0 Å². The molecule has 1 N–H and O–H groups in total. The maximum Gasteiger partial charge on any atom is 0.317 e. The van der Waals surface area contributed by atoms with Crippen LogP contribution < -0.4 is 5.32 Å². The lowest BCUT2D eigenvalue weighted by Crippen LogP contribution is -2.34. The van der Waals surface area contributed by atoms with Gasteiger partial charge in [0.2, 0.25) is 0 Å². The van der Waals surface area contributed by atoms with Crippen molar-refractivity contribution >= 4 is 11.9 Å². The van der Waals surface area contributed by atoms with E-state index in [1.807, 2.05) is 91.0 Å². The van der Waals surface area contributed by atoms with Gasteiger partial charge in [-0.3, -0.25) is 9.59 Å². The van der Waals surface area contributed by atoms with Crippen molar-refractivity contribution in [2.24, 2.45) is 0 Å². The van der Waals surface area contributed by atoms with Gasteiger partial charge in [0.15, 0.2) is 6.61 Å². The zero-order valence-corrected chi connectivity index (χ0v) is 16.1. The zero-order valence-electron chi connectivity index (χ0n) is 16.1. The van der Waals surface area contributed by atoms with Gasteiger partial charge in [-0.2, -0.15) is 0 Å². The predicted octanol–water partition coefficient (Wildman–Crippen LogP) is 4.17. The Morgan fingerprint density at radius 2 is 1.28 bits per heavy atom. The lowest BCUT2D eigenvalue weighted by Gasteiger charge is -2.20. The summed E-state index contributed by atoms with van der Waals surface area (Å²) in [5.74, 6) is -0.644. The third kappa shape index (κ3) is 4.21. The first-order valence-electron chi connectivity index (χ1n) is 9.81. The molecule has 0 aromatic heterocycles. The first-order chi connectivity index (χ1) is 14.2. The number of benzene rings is 3. The molecule has 0 bridgehead atoms. The van der Waals surface area contributed by atoms with Crippen LogP contribution in [0.2, 0.25) is 0 Å². The number of rotatable bonds is 7. The molecule has 3 aromatic rings. The van der Waals surface area contributed by atoms with Gasteiger partial charge >= 0.3 is 5.97 Å². The van der Waals surface area contributed by atoms with Crippen LogP contribution in [0.15, 0.2) is 91.0 Å². The first-order valence-corrected chi connectivity index (χ1v) is 9.81. The molecule has 0 heterocycles. The van der Waals surface area contributed by atoms with E-state index in [1.165, 1.54) is 0 Å². The number of nitrogens with one attached hydrogen (secondary N) is 1. The lowest BCUT2D eigenvalue weighted by molar-refractivity contribution is -0.151. The van der Waals surface area contributed by atoms with Gasteiger partial charge in [0.05, 0.1) is 11.5 Å². The molecule has 1 fully saturated rings. The van der Waals surface area contributed by atoms with E-state index < -0.39 is 5.41 Å². The second-order valence-electron chi connectivity index (χ2n) is 7.35. The van der Waals surface area contributed by atoms with E-state index in [0.717, 1.165) is 29.5 Å². The molecule has 0 spiro atoms. The molecule has 0 unspecified atom stereocenters. The summed E-state index contributed by atoms with van der Waals surface area (Å²) in [5, 5.41) is 3.00. The van der Waals surface area contributed by atoms with Gasteiger partial charge in [0, 0.05) is 0 Å². The van der Waals surface area contributed by atoms with Crippen molar-refractivity contribution in [3.63, 3.8) is 0 Å². The highest BCUT2D eigenvalue weighted by atomic mass is 16.5. The Hall–Kier alpha value is -3.40. The maximum absolute atomic E-state index is 12.7. The Bertz CT molecular complexity index is 927. The minimum atomic E-state index is -0.584. The molecule has 0 saturated heterocycles. The molecular weight excluding hydrogens is 362 g/mol. The fraction of sp³-hybridized carbons (Fsp3) is 0.200. The average molecular weight is 385 g/mol. The van der Waals surface area contributed by atoms with Gasteiger partial charge in [-0.05, 0) is 29.5 Å². The minimum Gasteiger partial charge on any atom is -0.455 e. The number of carbonyl (C=O) groups excluding carboxylic acids is 2. The van der Waals surface area contributed by atoms with Crippen molar-refractivity contribution in [2.75, 3.05) is 6.61 Å².